The Morgan fingerprint density at radius 3 is 1.20 bits per heavy atom. The average Bonchev–Trinajstić information content (AvgIpc) is 3.02. The van der Waals surface area contributed by atoms with Crippen molar-refractivity contribution in [2.45, 2.75) is 51.4 Å². The molecule has 4 rings (SSSR count). The molecule has 2 aromatic carbocycles. The van der Waals surface area contributed by atoms with Crippen LogP contribution in [0, 0.1) is 23.7 Å². The summed E-state index contributed by atoms with van der Waals surface area (Å²) in [5.41, 5.74) is 0.976. The number of ether oxygens (including phenoxy) is 5. The smallest absolute Gasteiger partial charge is 0.338 e. The third-order valence-electron chi connectivity index (χ3n) is 8.15. The molecular weight excluding hydrogens is 520 g/mol. The Kier molecular flexibility index (Phi) is 11.7. The first-order valence-corrected chi connectivity index (χ1v) is 14.7. The highest BCUT2D eigenvalue weighted by molar-refractivity contribution is 5.90. The third-order valence-corrected chi connectivity index (χ3v) is 8.15. The molecule has 0 bridgehead atoms. The second kappa shape index (κ2) is 15.9. The molecule has 220 valence electrons. The van der Waals surface area contributed by atoms with E-state index in [4.69, 9.17) is 23.7 Å². The largest absolute Gasteiger partial charge is 0.502 e. The quantitative estimate of drug-likeness (QED) is 0.172. The van der Waals surface area contributed by atoms with Crippen LogP contribution >= 0.6 is 0 Å². The first kappa shape index (κ1) is 30.2. The minimum absolute atomic E-state index is 0.328. The van der Waals surface area contributed by atoms with Crippen LogP contribution in [-0.2, 0) is 18.9 Å². The van der Waals surface area contributed by atoms with E-state index in [2.05, 4.69) is 13.2 Å². The van der Waals surface area contributed by atoms with E-state index in [-0.39, 0.29) is 11.9 Å². The summed E-state index contributed by atoms with van der Waals surface area (Å²) in [6.45, 7) is 9.49. The van der Waals surface area contributed by atoms with E-state index in [0.29, 0.717) is 59.5 Å². The van der Waals surface area contributed by atoms with Crippen molar-refractivity contribution >= 4 is 11.9 Å². The highest BCUT2D eigenvalue weighted by atomic mass is 16.5. The van der Waals surface area contributed by atoms with Gasteiger partial charge in [-0.3, -0.25) is 0 Å². The van der Waals surface area contributed by atoms with Crippen LogP contribution in [0.2, 0.25) is 0 Å². The van der Waals surface area contributed by atoms with Crippen molar-refractivity contribution in [3.63, 3.8) is 0 Å². The van der Waals surface area contributed by atoms with Crippen LogP contribution in [0.15, 0.2) is 74.2 Å². The fourth-order valence-corrected chi connectivity index (χ4v) is 5.55. The fraction of sp³-hybridized carbons (Fsp3) is 0.471. The van der Waals surface area contributed by atoms with E-state index >= 15 is 0 Å². The Morgan fingerprint density at radius 1 is 0.561 bits per heavy atom. The van der Waals surface area contributed by atoms with Crippen LogP contribution < -0.4 is 4.74 Å². The Bertz CT molecular complexity index is 1020. The highest BCUT2D eigenvalue weighted by Gasteiger charge is 2.24. The lowest BCUT2D eigenvalue weighted by molar-refractivity contribution is 0.0369. The maximum atomic E-state index is 12.5. The first-order valence-electron chi connectivity index (χ1n) is 14.7. The monoisotopic (exact) mass is 562 g/mol. The lowest BCUT2D eigenvalue weighted by atomic mass is 9.83. The third kappa shape index (κ3) is 9.69. The van der Waals surface area contributed by atoms with Gasteiger partial charge in [-0.05, 0) is 124 Å². The average molecular weight is 563 g/mol. The molecule has 0 unspecified atom stereocenters. The molecular formula is C34H42O7. The number of carbonyl (C=O) groups excluding carboxylic acids is 2. The van der Waals surface area contributed by atoms with Crippen LogP contribution in [0.5, 0.6) is 11.5 Å². The Hall–Kier alpha value is -3.74. The molecule has 0 N–H and O–H groups in total. The van der Waals surface area contributed by atoms with E-state index in [0.717, 1.165) is 64.6 Å². The number of rotatable bonds is 14. The van der Waals surface area contributed by atoms with Gasteiger partial charge in [0.15, 0.2) is 0 Å². The molecule has 0 saturated heterocycles. The van der Waals surface area contributed by atoms with Crippen molar-refractivity contribution in [1.82, 2.24) is 0 Å². The summed E-state index contributed by atoms with van der Waals surface area (Å²) in [5.74, 6) is 2.42. The van der Waals surface area contributed by atoms with Gasteiger partial charge in [0.05, 0.1) is 50.1 Å². The topological polar surface area (TPSA) is 80.3 Å². The van der Waals surface area contributed by atoms with Crippen LogP contribution in [0.25, 0.3) is 0 Å². The number of esters is 2. The summed E-state index contributed by atoms with van der Waals surface area (Å²) in [7, 11) is 0. The Morgan fingerprint density at radius 2 is 0.878 bits per heavy atom. The minimum atomic E-state index is -0.328. The predicted molar refractivity (Wildman–Crippen MR) is 157 cm³/mol. The van der Waals surface area contributed by atoms with E-state index in [9.17, 15) is 9.59 Å². The van der Waals surface area contributed by atoms with Gasteiger partial charge in [0, 0.05) is 0 Å². The van der Waals surface area contributed by atoms with Crippen molar-refractivity contribution in [2.24, 2.45) is 23.7 Å². The van der Waals surface area contributed by atoms with Crippen molar-refractivity contribution < 1.29 is 33.3 Å². The molecule has 2 saturated carbocycles. The molecule has 0 atom stereocenters. The number of hydrogen-bond acceptors (Lipinski definition) is 7. The highest BCUT2D eigenvalue weighted by Crippen LogP contribution is 2.31. The molecule has 0 heterocycles. The summed E-state index contributed by atoms with van der Waals surface area (Å²) >= 11 is 0. The van der Waals surface area contributed by atoms with Crippen LogP contribution in [0.4, 0.5) is 0 Å². The van der Waals surface area contributed by atoms with Gasteiger partial charge in [-0.2, -0.15) is 0 Å². The maximum Gasteiger partial charge on any atom is 0.338 e. The molecule has 2 aromatic rings. The number of benzene rings is 2. The standard InChI is InChI=1S/C34H42O7/c1-3-37-21-25-5-9-27(10-6-25)23-39-33(35)29-13-17-31(18-14-29)41-32-19-15-30(16-20-32)34(36)40-24-28-11-7-26(8-12-28)22-38-4-2/h3-4,13-20,25-28H,1-2,5-12,21-24H2. The van der Waals surface area contributed by atoms with Gasteiger partial charge in [-0.15, -0.1) is 0 Å². The van der Waals surface area contributed by atoms with Gasteiger partial charge in [0.2, 0.25) is 0 Å². The maximum absolute atomic E-state index is 12.5. The van der Waals surface area contributed by atoms with Gasteiger partial charge in [-0.25, -0.2) is 9.59 Å². The number of carbonyl (C=O) groups is 2. The van der Waals surface area contributed by atoms with Crippen molar-refractivity contribution in [1.29, 1.82) is 0 Å². The van der Waals surface area contributed by atoms with Crippen molar-refractivity contribution in [2.75, 3.05) is 26.4 Å². The Balaban J connectivity index is 1.16. The second-order valence-corrected chi connectivity index (χ2v) is 11.1. The SMILES string of the molecule is C=COCC1CCC(COC(=O)c2ccc(Oc3ccc(C(=O)OCC4CCC(COC=C)CC4)cc3)cc2)CC1. The second-order valence-electron chi connectivity index (χ2n) is 11.1. The van der Waals surface area contributed by atoms with E-state index < -0.39 is 0 Å². The van der Waals surface area contributed by atoms with Crippen LogP contribution in [0.1, 0.15) is 72.1 Å². The van der Waals surface area contributed by atoms with E-state index in [1.54, 1.807) is 48.5 Å². The zero-order chi connectivity index (χ0) is 28.9. The molecule has 41 heavy (non-hydrogen) atoms. The lowest BCUT2D eigenvalue weighted by Gasteiger charge is -2.27. The van der Waals surface area contributed by atoms with Crippen molar-refractivity contribution in [3.8, 4) is 11.5 Å². The summed E-state index contributed by atoms with van der Waals surface area (Å²) in [6.07, 6.45) is 11.5. The molecule has 0 amide bonds. The molecule has 0 aromatic heterocycles. The molecule has 7 heteroatoms. The predicted octanol–water partition coefficient (Wildman–Crippen LogP) is 7.73. The number of hydrogen-bond donors (Lipinski definition) is 0. The molecule has 2 aliphatic rings. The molecule has 2 aliphatic carbocycles. The summed E-state index contributed by atoms with van der Waals surface area (Å²) in [5, 5.41) is 0. The van der Waals surface area contributed by atoms with Gasteiger partial charge in [-0.1, -0.05) is 13.2 Å². The zero-order valence-corrected chi connectivity index (χ0v) is 23.8. The van der Waals surface area contributed by atoms with Gasteiger partial charge in [0.25, 0.3) is 0 Å². The summed E-state index contributed by atoms with van der Waals surface area (Å²) in [6, 6.07) is 13.8. The van der Waals surface area contributed by atoms with Crippen LogP contribution in [-0.4, -0.2) is 38.4 Å². The van der Waals surface area contributed by atoms with Crippen LogP contribution in [0.3, 0.4) is 0 Å². The first-order chi connectivity index (χ1) is 20.0. The molecule has 7 nitrogen and oxygen atoms in total. The van der Waals surface area contributed by atoms with E-state index in [1.165, 1.54) is 12.5 Å². The Labute approximate surface area is 243 Å². The molecule has 0 spiro atoms. The summed E-state index contributed by atoms with van der Waals surface area (Å²) < 4.78 is 27.7. The fourth-order valence-electron chi connectivity index (χ4n) is 5.55. The summed E-state index contributed by atoms with van der Waals surface area (Å²) in [4.78, 5) is 25.0. The lowest BCUT2D eigenvalue weighted by Crippen LogP contribution is -2.22. The normalized spacial score (nSPS) is 22.1. The van der Waals surface area contributed by atoms with Gasteiger partial charge < -0.3 is 23.7 Å². The van der Waals surface area contributed by atoms with Gasteiger partial charge in [0.1, 0.15) is 11.5 Å². The zero-order valence-electron chi connectivity index (χ0n) is 23.8. The van der Waals surface area contributed by atoms with E-state index in [1.807, 2.05) is 0 Å². The molecule has 0 radical (unpaired) electrons. The minimum Gasteiger partial charge on any atom is -0.502 e. The van der Waals surface area contributed by atoms with Gasteiger partial charge >= 0.3 is 11.9 Å². The molecule has 2 fully saturated rings. The molecule has 0 aliphatic heterocycles. The van der Waals surface area contributed by atoms with Crippen molar-refractivity contribution in [3.05, 3.63) is 85.3 Å².